The number of nitrogens with one attached hydrogen (secondary N) is 1. The highest BCUT2D eigenvalue weighted by Gasteiger charge is 2.20. The summed E-state index contributed by atoms with van der Waals surface area (Å²) in [4.78, 5) is 25.3. The number of nitro groups is 1. The van der Waals surface area contributed by atoms with Gasteiger partial charge in [0.25, 0.3) is 11.6 Å². The standard InChI is InChI=1S/C27H23N5O4/c1-16(2)18-8-10-19(11-9-18)31-29-22-14-17(3)21(15-23(22)30-31)28-27(33)26-13-12-25(36-26)20-6-4-5-7-24(20)32(34)35/h4-16H,1-3H3,(H,28,33). The van der Waals surface area contributed by atoms with Crippen molar-refractivity contribution in [1.29, 1.82) is 0 Å². The Morgan fingerprint density at radius 2 is 1.69 bits per heavy atom. The Kier molecular flexibility index (Phi) is 5.81. The SMILES string of the molecule is Cc1cc2nn(-c3ccc(C(C)C)cc3)nc2cc1NC(=O)c1ccc(-c2ccccc2[N+](=O)[O-])o1. The van der Waals surface area contributed by atoms with Gasteiger partial charge >= 0.3 is 0 Å². The number of anilines is 1. The van der Waals surface area contributed by atoms with Crippen molar-refractivity contribution in [3.05, 3.63) is 99.8 Å². The maximum Gasteiger partial charge on any atom is 0.291 e. The smallest absolute Gasteiger partial charge is 0.291 e. The molecule has 36 heavy (non-hydrogen) atoms. The summed E-state index contributed by atoms with van der Waals surface area (Å²) < 4.78 is 5.66. The van der Waals surface area contributed by atoms with Crippen LogP contribution in [0.3, 0.4) is 0 Å². The summed E-state index contributed by atoms with van der Waals surface area (Å²) in [6.07, 6.45) is 0. The second-order valence-corrected chi connectivity index (χ2v) is 8.78. The molecule has 5 rings (SSSR count). The van der Waals surface area contributed by atoms with Crippen LogP contribution in [0.1, 0.15) is 41.4 Å². The molecule has 0 bridgehead atoms. The quantitative estimate of drug-likeness (QED) is 0.226. The number of furan rings is 1. The van der Waals surface area contributed by atoms with Crippen molar-refractivity contribution < 1.29 is 14.1 Å². The van der Waals surface area contributed by atoms with E-state index in [4.69, 9.17) is 4.42 Å². The van der Waals surface area contributed by atoms with Gasteiger partial charge in [-0.1, -0.05) is 38.1 Å². The van der Waals surface area contributed by atoms with Gasteiger partial charge in [0.2, 0.25) is 0 Å². The van der Waals surface area contributed by atoms with Crippen molar-refractivity contribution >= 4 is 28.3 Å². The second-order valence-electron chi connectivity index (χ2n) is 8.78. The van der Waals surface area contributed by atoms with Crippen molar-refractivity contribution in [2.75, 3.05) is 5.32 Å². The van der Waals surface area contributed by atoms with Crippen LogP contribution < -0.4 is 5.32 Å². The summed E-state index contributed by atoms with van der Waals surface area (Å²) in [7, 11) is 0. The molecule has 180 valence electrons. The predicted octanol–water partition coefficient (Wildman–Crippen LogP) is 6.27. The molecular formula is C27H23N5O4. The number of nitro benzene ring substituents is 1. The number of hydrogen-bond donors (Lipinski definition) is 1. The number of para-hydroxylation sites is 1. The average Bonchev–Trinajstić information content (AvgIpc) is 3.52. The highest BCUT2D eigenvalue weighted by Crippen LogP contribution is 2.31. The molecule has 0 saturated heterocycles. The molecule has 0 fully saturated rings. The van der Waals surface area contributed by atoms with E-state index in [1.807, 2.05) is 25.1 Å². The zero-order chi connectivity index (χ0) is 25.4. The van der Waals surface area contributed by atoms with Crippen molar-refractivity contribution in [1.82, 2.24) is 15.0 Å². The first kappa shape index (κ1) is 23.0. The minimum Gasteiger partial charge on any atom is -0.451 e. The molecule has 2 aromatic heterocycles. The van der Waals surface area contributed by atoms with Crippen LogP contribution in [0.4, 0.5) is 11.4 Å². The molecule has 0 unspecified atom stereocenters. The summed E-state index contributed by atoms with van der Waals surface area (Å²) in [6.45, 7) is 6.15. The van der Waals surface area contributed by atoms with Gasteiger partial charge in [-0.15, -0.1) is 10.2 Å². The number of aromatic nitrogens is 3. The van der Waals surface area contributed by atoms with Crippen LogP contribution in [0.15, 0.2) is 77.2 Å². The van der Waals surface area contributed by atoms with Gasteiger partial charge in [-0.05, 0) is 66.4 Å². The van der Waals surface area contributed by atoms with Crippen molar-refractivity contribution in [2.45, 2.75) is 26.7 Å². The Bertz CT molecular complexity index is 1600. The summed E-state index contributed by atoms with van der Waals surface area (Å²) >= 11 is 0. The maximum atomic E-state index is 12.9. The molecule has 0 atom stereocenters. The first-order valence-electron chi connectivity index (χ1n) is 11.4. The van der Waals surface area contributed by atoms with Gasteiger partial charge in [-0.25, -0.2) is 0 Å². The number of amides is 1. The van der Waals surface area contributed by atoms with Gasteiger partial charge < -0.3 is 9.73 Å². The Labute approximate surface area is 206 Å². The lowest BCUT2D eigenvalue weighted by Gasteiger charge is -2.06. The van der Waals surface area contributed by atoms with Gasteiger partial charge in [0.05, 0.1) is 16.2 Å². The number of fused-ring (bicyclic) bond motifs is 1. The van der Waals surface area contributed by atoms with Crippen LogP contribution in [-0.4, -0.2) is 25.8 Å². The van der Waals surface area contributed by atoms with E-state index in [0.717, 1.165) is 11.3 Å². The van der Waals surface area contributed by atoms with E-state index < -0.39 is 10.8 Å². The monoisotopic (exact) mass is 481 g/mol. The van der Waals surface area contributed by atoms with Crippen LogP contribution in [0.5, 0.6) is 0 Å². The van der Waals surface area contributed by atoms with E-state index in [1.165, 1.54) is 17.7 Å². The van der Waals surface area contributed by atoms with Crippen molar-refractivity contribution in [3.8, 4) is 17.0 Å². The van der Waals surface area contributed by atoms with Gasteiger partial charge in [0.1, 0.15) is 16.8 Å². The van der Waals surface area contributed by atoms with Crippen LogP contribution in [0, 0.1) is 17.0 Å². The minimum absolute atomic E-state index is 0.0385. The number of benzene rings is 3. The largest absolute Gasteiger partial charge is 0.451 e. The average molecular weight is 482 g/mol. The summed E-state index contributed by atoms with van der Waals surface area (Å²) in [5.74, 6) is 0.243. The van der Waals surface area contributed by atoms with Crippen LogP contribution in [0.2, 0.25) is 0 Å². The minimum atomic E-state index is -0.484. The fourth-order valence-electron chi connectivity index (χ4n) is 3.94. The second kappa shape index (κ2) is 9.10. The molecule has 5 aromatic rings. The molecule has 2 heterocycles. The molecule has 0 aliphatic heterocycles. The zero-order valence-electron chi connectivity index (χ0n) is 19.9. The maximum absolute atomic E-state index is 12.9. The highest BCUT2D eigenvalue weighted by molar-refractivity contribution is 6.04. The molecule has 1 amide bonds. The lowest BCUT2D eigenvalue weighted by Crippen LogP contribution is -2.11. The Hall–Kier alpha value is -4.79. The van der Waals surface area contributed by atoms with E-state index in [-0.39, 0.29) is 17.2 Å². The lowest BCUT2D eigenvalue weighted by molar-refractivity contribution is -0.384. The van der Waals surface area contributed by atoms with Gasteiger partial charge in [-0.2, -0.15) is 4.80 Å². The normalized spacial score (nSPS) is 11.2. The molecule has 9 heteroatoms. The molecule has 0 aliphatic rings. The third kappa shape index (κ3) is 4.34. The van der Waals surface area contributed by atoms with E-state index in [2.05, 4.69) is 41.5 Å². The Morgan fingerprint density at radius 3 is 2.39 bits per heavy atom. The van der Waals surface area contributed by atoms with Crippen LogP contribution >= 0.6 is 0 Å². The topological polar surface area (TPSA) is 116 Å². The first-order chi connectivity index (χ1) is 17.3. The van der Waals surface area contributed by atoms with Gasteiger partial charge in [0.15, 0.2) is 5.76 Å². The van der Waals surface area contributed by atoms with Gasteiger partial charge in [-0.3, -0.25) is 14.9 Å². The Morgan fingerprint density at radius 1 is 1.00 bits per heavy atom. The number of nitrogens with zero attached hydrogens (tertiary/aromatic N) is 4. The molecule has 0 radical (unpaired) electrons. The number of aryl methyl sites for hydroxylation is 1. The van der Waals surface area contributed by atoms with E-state index in [9.17, 15) is 14.9 Å². The van der Waals surface area contributed by atoms with Crippen LogP contribution in [0.25, 0.3) is 28.0 Å². The lowest BCUT2D eigenvalue weighted by atomic mass is 10.0. The highest BCUT2D eigenvalue weighted by atomic mass is 16.6. The molecule has 9 nitrogen and oxygen atoms in total. The Balaban J connectivity index is 1.39. The molecule has 0 saturated carbocycles. The summed E-state index contributed by atoms with van der Waals surface area (Å²) in [6, 6.07) is 21.0. The van der Waals surface area contributed by atoms with Gasteiger partial charge in [0, 0.05) is 11.8 Å². The summed E-state index contributed by atoms with van der Waals surface area (Å²) in [5.41, 5.74) is 5.00. The fraction of sp³-hybridized carbons (Fsp3) is 0.148. The number of carbonyl (C=O) groups excluding carboxylic acids is 1. The molecule has 0 aliphatic carbocycles. The molecular weight excluding hydrogens is 458 g/mol. The van der Waals surface area contributed by atoms with E-state index in [0.29, 0.717) is 28.2 Å². The predicted molar refractivity (Wildman–Crippen MR) is 136 cm³/mol. The van der Waals surface area contributed by atoms with E-state index in [1.54, 1.807) is 35.1 Å². The first-order valence-corrected chi connectivity index (χ1v) is 11.4. The fourth-order valence-corrected chi connectivity index (χ4v) is 3.94. The zero-order valence-corrected chi connectivity index (χ0v) is 19.9. The van der Waals surface area contributed by atoms with E-state index >= 15 is 0 Å². The molecule has 1 N–H and O–H groups in total. The molecule has 3 aromatic carbocycles. The molecule has 0 spiro atoms. The van der Waals surface area contributed by atoms with Crippen molar-refractivity contribution in [2.24, 2.45) is 0 Å². The van der Waals surface area contributed by atoms with Crippen LogP contribution in [-0.2, 0) is 0 Å². The third-order valence-electron chi connectivity index (χ3n) is 5.96. The third-order valence-corrected chi connectivity index (χ3v) is 5.96. The number of carbonyl (C=O) groups is 1. The van der Waals surface area contributed by atoms with Crippen molar-refractivity contribution in [3.63, 3.8) is 0 Å². The summed E-state index contributed by atoms with van der Waals surface area (Å²) in [5, 5.41) is 23.3. The number of hydrogen-bond acceptors (Lipinski definition) is 6. The number of rotatable bonds is 6.